The minimum atomic E-state index is -0.616. The van der Waals surface area contributed by atoms with Gasteiger partial charge in [-0.05, 0) is 41.3 Å². The summed E-state index contributed by atoms with van der Waals surface area (Å²) in [6.07, 6.45) is -0.616. The predicted octanol–water partition coefficient (Wildman–Crippen LogP) is 5.32. The molecule has 3 aromatic rings. The average molecular weight is 443 g/mol. The molecule has 6 heteroatoms. The number of rotatable bonds is 3. The maximum absolute atomic E-state index is 13.8. The normalized spacial score (nSPS) is 16.9. The zero-order valence-electron chi connectivity index (χ0n) is 19.4. The Kier molecular flexibility index (Phi) is 4.71. The molecule has 5 rings (SSSR count). The third kappa shape index (κ3) is 3.01. The van der Waals surface area contributed by atoms with E-state index in [-0.39, 0.29) is 17.2 Å². The second-order valence-electron chi connectivity index (χ2n) is 9.30. The van der Waals surface area contributed by atoms with Gasteiger partial charge in [0.25, 0.3) is 11.8 Å². The van der Waals surface area contributed by atoms with Crippen LogP contribution in [0.3, 0.4) is 0 Å². The van der Waals surface area contributed by atoms with E-state index in [0.29, 0.717) is 33.9 Å². The Morgan fingerprint density at radius 3 is 2.12 bits per heavy atom. The van der Waals surface area contributed by atoms with Gasteiger partial charge in [0.2, 0.25) is 0 Å². The molecule has 168 valence electrons. The van der Waals surface area contributed by atoms with Gasteiger partial charge < -0.3 is 9.47 Å². The van der Waals surface area contributed by atoms with E-state index in [9.17, 15) is 9.59 Å². The van der Waals surface area contributed by atoms with Crippen LogP contribution in [0.4, 0.5) is 11.4 Å². The van der Waals surface area contributed by atoms with Crippen molar-refractivity contribution in [3.63, 3.8) is 0 Å². The molecular formula is C27H26N2O4. The molecule has 0 radical (unpaired) electrons. The Hall–Kier alpha value is -3.80. The van der Waals surface area contributed by atoms with Crippen molar-refractivity contribution >= 4 is 23.2 Å². The summed E-state index contributed by atoms with van der Waals surface area (Å²) in [6.45, 7) is 6.45. The molecule has 0 saturated heterocycles. The zero-order valence-corrected chi connectivity index (χ0v) is 19.4. The molecule has 2 aliphatic heterocycles. The first kappa shape index (κ1) is 21.1. The number of para-hydroxylation sites is 1. The zero-order chi connectivity index (χ0) is 23.5. The van der Waals surface area contributed by atoms with E-state index in [0.717, 1.165) is 5.69 Å². The first-order valence-electron chi connectivity index (χ1n) is 10.9. The van der Waals surface area contributed by atoms with Gasteiger partial charge in [0.1, 0.15) is 6.17 Å². The summed E-state index contributed by atoms with van der Waals surface area (Å²) >= 11 is 0. The van der Waals surface area contributed by atoms with Gasteiger partial charge >= 0.3 is 0 Å². The molecule has 0 bridgehead atoms. The lowest BCUT2D eigenvalue weighted by Crippen LogP contribution is -2.48. The first-order valence-corrected chi connectivity index (χ1v) is 10.9. The largest absolute Gasteiger partial charge is 0.493 e. The van der Waals surface area contributed by atoms with Crippen LogP contribution in [0.2, 0.25) is 0 Å². The molecule has 1 unspecified atom stereocenters. The third-order valence-corrected chi connectivity index (χ3v) is 6.40. The summed E-state index contributed by atoms with van der Waals surface area (Å²) in [7, 11) is 3.06. The van der Waals surface area contributed by atoms with E-state index in [1.807, 2.05) is 48.5 Å². The molecule has 0 N–H and O–H groups in total. The van der Waals surface area contributed by atoms with E-state index >= 15 is 0 Å². The minimum Gasteiger partial charge on any atom is -0.493 e. The lowest BCUT2D eigenvalue weighted by Gasteiger charge is -2.41. The molecule has 0 spiro atoms. The molecule has 0 saturated carbocycles. The third-order valence-electron chi connectivity index (χ3n) is 6.40. The minimum absolute atomic E-state index is 0.0110. The Bertz CT molecular complexity index is 1270. The lowest BCUT2D eigenvalue weighted by atomic mass is 9.87. The SMILES string of the molecule is COc1ccc2c(c1OC)C(=O)N1c3ccccc3C(=O)N(c3ccc(C(C)(C)C)cc3)C21. The number of hydrogen-bond acceptors (Lipinski definition) is 4. The highest BCUT2D eigenvalue weighted by Gasteiger charge is 2.50. The summed E-state index contributed by atoms with van der Waals surface area (Å²) in [6, 6.07) is 18.8. The van der Waals surface area contributed by atoms with Crippen molar-refractivity contribution in [1.29, 1.82) is 0 Å². The number of ether oxygens (including phenoxy) is 2. The van der Waals surface area contributed by atoms with Crippen molar-refractivity contribution < 1.29 is 19.1 Å². The van der Waals surface area contributed by atoms with E-state index < -0.39 is 6.17 Å². The number of benzene rings is 3. The number of carbonyl (C=O) groups is 2. The van der Waals surface area contributed by atoms with Crippen LogP contribution in [0.25, 0.3) is 0 Å². The molecule has 6 nitrogen and oxygen atoms in total. The summed E-state index contributed by atoms with van der Waals surface area (Å²) in [5.74, 6) is 0.486. The predicted molar refractivity (Wildman–Crippen MR) is 127 cm³/mol. The summed E-state index contributed by atoms with van der Waals surface area (Å²) < 4.78 is 11.0. The summed E-state index contributed by atoms with van der Waals surface area (Å²) in [4.78, 5) is 30.9. The number of methoxy groups -OCH3 is 2. The quantitative estimate of drug-likeness (QED) is 0.551. The molecular weight excluding hydrogens is 416 g/mol. The smallest absolute Gasteiger partial charge is 0.264 e. The van der Waals surface area contributed by atoms with Gasteiger partial charge in [-0.25, -0.2) is 0 Å². The van der Waals surface area contributed by atoms with E-state index in [1.54, 1.807) is 29.0 Å². The van der Waals surface area contributed by atoms with Gasteiger partial charge in [-0.1, -0.05) is 51.1 Å². The van der Waals surface area contributed by atoms with Crippen molar-refractivity contribution in [2.75, 3.05) is 24.0 Å². The average Bonchev–Trinajstić information content (AvgIpc) is 3.11. The molecule has 1 atom stereocenters. The van der Waals surface area contributed by atoms with Crippen molar-refractivity contribution in [2.45, 2.75) is 32.4 Å². The molecule has 2 aliphatic rings. The molecule has 0 aliphatic carbocycles. The topological polar surface area (TPSA) is 59.1 Å². The fourth-order valence-corrected chi connectivity index (χ4v) is 4.73. The Morgan fingerprint density at radius 2 is 1.48 bits per heavy atom. The second-order valence-corrected chi connectivity index (χ2v) is 9.30. The fraction of sp³-hybridized carbons (Fsp3) is 0.259. The summed E-state index contributed by atoms with van der Waals surface area (Å²) in [5.41, 5.74) is 4.10. The van der Waals surface area contributed by atoms with Crippen LogP contribution in [-0.2, 0) is 5.41 Å². The highest BCUT2D eigenvalue weighted by atomic mass is 16.5. The van der Waals surface area contributed by atoms with Crippen LogP contribution in [-0.4, -0.2) is 26.0 Å². The van der Waals surface area contributed by atoms with Crippen LogP contribution in [0.5, 0.6) is 11.5 Å². The first-order chi connectivity index (χ1) is 15.8. The van der Waals surface area contributed by atoms with Crippen molar-refractivity contribution in [3.8, 4) is 11.5 Å². The fourth-order valence-electron chi connectivity index (χ4n) is 4.73. The standard InChI is InChI=1S/C27H26N2O4/c1-27(2,3)16-10-12-17(13-11-16)28-24-19-14-15-21(32-4)23(33-5)22(19)26(31)29(24)20-9-7-6-8-18(20)25(28)30/h6-15,24H,1-5H3. The maximum Gasteiger partial charge on any atom is 0.264 e. The van der Waals surface area contributed by atoms with Crippen LogP contribution >= 0.6 is 0 Å². The van der Waals surface area contributed by atoms with E-state index in [4.69, 9.17) is 9.47 Å². The summed E-state index contributed by atoms with van der Waals surface area (Å²) in [5, 5.41) is 0. The maximum atomic E-state index is 13.8. The molecule has 2 heterocycles. The van der Waals surface area contributed by atoms with Gasteiger partial charge in [0, 0.05) is 11.3 Å². The van der Waals surface area contributed by atoms with Gasteiger partial charge in [-0.2, -0.15) is 0 Å². The van der Waals surface area contributed by atoms with Crippen molar-refractivity contribution in [3.05, 3.63) is 82.9 Å². The number of carbonyl (C=O) groups excluding carboxylic acids is 2. The van der Waals surface area contributed by atoms with Crippen molar-refractivity contribution in [2.24, 2.45) is 0 Å². The Balaban J connectivity index is 1.74. The van der Waals surface area contributed by atoms with Crippen LogP contribution in [0.1, 0.15) is 58.8 Å². The lowest BCUT2D eigenvalue weighted by molar-refractivity contribution is 0.0948. The molecule has 33 heavy (non-hydrogen) atoms. The monoisotopic (exact) mass is 442 g/mol. The van der Waals surface area contributed by atoms with Crippen molar-refractivity contribution in [1.82, 2.24) is 0 Å². The van der Waals surface area contributed by atoms with E-state index in [1.165, 1.54) is 12.7 Å². The van der Waals surface area contributed by atoms with Crippen LogP contribution in [0.15, 0.2) is 60.7 Å². The van der Waals surface area contributed by atoms with Gasteiger partial charge in [0.15, 0.2) is 11.5 Å². The number of amides is 2. The molecule has 3 aromatic carbocycles. The number of anilines is 2. The Morgan fingerprint density at radius 1 is 0.788 bits per heavy atom. The Labute approximate surface area is 193 Å². The highest BCUT2D eigenvalue weighted by Crippen LogP contribution is 2.50. The van der Waals surface area contributed by atoms with E-state index in [2.05, 4.69) is 20.8 Å². The highest BCUT2D eigenvalue weighted by molar-refractivity contribution is 6.22. The number of fused-ring (bicyclic) bond motifs is 5. The number of hydrogen-bond donors (Lipinski definition) is 0. The molecule has 0 fully saturated rings. The van der Waals surface area contributed by atoms with Crippen LogP contribution < -0.4 is 19.3 Å². The molecule has 0 aromatic heterocycles. The number of nitrogens with zero attached hydrogens (tertiary/aromatic N) is 2. The van der Waals surface area contributed by atoms with Crippen LogP contribution in [0, 0.1) is 0 Å². The second kappa shape index (κ2) is 7.37. The van der Waals surface area contributed by atoms with Gasteiger partial charge in [-0.15, -0.1) is 0 Å². The van der Waals surface area contributed by atoms with Gasteiger partial charge in [-0.3, -0.25) is 19.4 Å². The van der Waals surface area contributed by atoms with Gasteiger partial charge in [0.05, 0.1) is 31.0 Å². The molecule has 2 amide bonds.